The van der Waals surface area contributed by atoms with Crippen molar-refractivity contribution in [2.45, 2.75) is 6.42 Å². The number of carbonyl (C=O) groups excluding carboxylic acids is 2. The van der Waals surface area contributed by atoms with Crippen LogP contribution >= 0.6 is 0 Å². The van der Waals surface area contributed by atoms with Gasteiger partial charge in [-0.05, 0) is 23.8 Å². The molecule has 7 heteroatoms. The van der Waals surface area contributed by atoms with E-state index in [-0.39, 0.29) is 11.2 Å². The molecule has 0 radical (unpaired) electrons. The van der Waals surface area contributed by atoms with Crippen molar-refractivity contribution in [3.05, 3.63) is 81.5 Å². The number of aromatic nitrogens is 2. The molecule has 5 rings (SSSR count). The second-order valence-electron chi connectivity index (χ2n) is 6.59. The molecule has 3 aromatic rings. The maximum atomic E-state index is 14.3. The van der Waals surface area contributed by atoms with Gasteiger partial charge in [0.25, 0.3) is 11.5 Å². The van der Waals surface area contributed by atoms with Crippen LogP contribution in [0.15, 0.2) is 58.9 Å². The second-order valence-corrected chi connectivity index (χ2v) is 6.59. The normalized spacial score (nSPS) is 18.0. The Morgan fingerprint density at radius 1 is 1.07 bits per heavy atom. The molecule has 1 unspecified atom stereocenters. The minimum Gasteiger partial charge on any atom is -0.273 e. The zero-order chi connectivity index (χ0) is 18.7. The summed E-state index contributed by atoms with van der Waals surface area (Å²) in [5.74, 6) is -2.01. The first-order valence-corrected chi connectivity index (χ1v) is 8.39. The summed E-state index contributed by atoms with van der Waals surface area (Å²) < 4.78 is 14.3. The van der Waals surface area contributed by atoms with Gasteiger partial charge in [0, 0.05) is 17.4 Å². The molecule has 1 aliphatic heterocycles. The lowest BCUT2D eigenvalue weighted by Crippen LogP contribution is -2.32. The molecule has 0 saturated carbocycles. The van der Waals surface area contributed by atoms with Gasteiger partial charge in [0.15, 0.2) is 0 Å². The van der Waals surface area contributed by atoms with Crippen molar-refractivity contribution >= 4 is 28.3 Å². The maximum Gasteiger partial charge on any atom is 0.272 e. The topological polar surface area (TPSA) is 83.1 Å². The SMILES string of the molecule is O=C1C2=CC2C(=O)N1c1cc(Cc2n[nH]c(=O)c3ccccc23)ccc1F. The Morgan fingerprint density at radius 2 is 1.85 bits per heavy atom. The van der Waals surface area contributed by atoms with Gasteiger partial charge >= 0.3 is 0 Å². The monoisotopic (exact) mass is 361 g/mol. The maximum absolute atomic E-state index is 14.3. The number of nitrogens with zero attached hydrogens (tertiary/aromatic N) is 2. The lowest BCUT2D eigenvalue weighted by Gasteiger charge is -2.17. The van der Waals surface area contributed by atoms with Crippen LogP contribution in [-0.4, -0.2) is 22.0 Å². The summed E-state index contributed by atoms with van der Waals surface area (Å²) in [6, 6.07) is 11.4. The van der Waals surface area contributed by atoms with Crippen LogP contribution in [0.1, 0.15) is 11.3 Å². The van der Waals surface area contributed by atoms with Crippen molar-refractivity contribution in [1.82, 2.24) is 10.2 Å². The van der Waals surface area contributed by atoms with Crippen LogP contribution in [-0.2, 0) is 16.0 Å². The summed E-state index contributed by atoms with van der Waals surface area (Å²) in [6.45, 7) is 0. The molecule has 0 bridgehead atoms. The van der Waals surface area contributed by atoms with Gasteiger partial charge in [0.2, 0.25) is 5.91 Å². The molecule has 2 aliphatic rings. The van der Waals surface area contributed by atoms with Crippen molar-refractivity contribution < 1.29 is 14.0 Å². The number of rotatable bonds is 3. The fourth-order valence-electron chi connectivity index (χ4n) is 3.48. The lowest BCUT2D eigenvalue weighted by atomic mass is 10.0. The van der Waals surface area contributed by atoms with E-state index in [2.05, 4.69) is 10.2 Å². The predicted molar refractivity (Wildman–Crippen MR) is 95.6 cm³/mol. The van der Waals surface area contributed by atoms with Crippen molar-refractivity contribution in [3.8, 4) is 0 Å². The summed E-state index contributed by atoms with van der Waals surface area (Å²) in [7, 11) is 0. The average Bonchev–Trinajstić information content (AvgIpc) is 3.43. The fraction of sp³-hybridized carbons (Fsp3) is 0.100. The number of H-pyrrole nitrogens is 1. The first kappa shape index (κ1) is 15.6. The molecule has 1 N–H and O–H groups in total. The molecule has 2 aromatic carbocycles. The highest BCUT2D eigenvalue weighted by molar-refractivity contribution is 6.33. The van der Waals surface area contributed by atoms with E-state index >= 15 is 0 Å². The minimum absolute atomic E-state index is 0.0515. The van der Waals surface area contributed by atoms with E-state index in [1.54, 1.807) is 30.3 Å². The highest BCUT2D eigenvalue weighted by Gasteiger charge is 2.51. The van der Waals surface area contributed by atoms with Gasteiger partial charge < -0.3 is 0 Å². The molecule has 27 heavy (non-hydrogen) atoms. The Labute approximate surface area is 151 Å². The molecule has 2 amide bonds. The van der Waals surface area contributed by atoms with Crippen LogP contribution in [0.4, 0.5) is 10.1 Å². The van der Waals surface area contributed by atoms with Gasteiger partial charge in [-0.25, -0.2) is 14.4 Å². The van der Waals surface area contributed by atoms with E-state index in [9.17, 15) is 18.8 Å². The zero-order valence-corrected chi connectivity index (χ0v) is 13.9. The van der Waals surface area contributed by atoms with Gasteiger partial charge in [-0.2, -0.15) is 5.10 Å². The summed E-state index contributed by atoms with van der Waals surface area (Å²) >= 11 is 0. The fourth-order valence-corrected chi connectivity index (χ4v) is 3.48. The van der Waals surface area contributed by atoms with E-state index in [0.717, 1.165) is 4.90 Å². The number of carbonyl (C=O) groups is 2. The molecule has 0 spiro atoms. The third kappa shape index (κ3) is 2.32. The third-order valence-corrected chi connectivity index (χ3v) is 4.91. The van der Waals surface area contributed by atoms with Gasteiger partial charge in [0.05, 0.1) is 22.7 Å². The van der Waals surface area contributed by atoms with Crippen molar-refractivity contribution in [2.24, 2.45) is 5.92 Å². The van der Waals surface area contributed by atoms with Crippen LogP contribution in [0.5, 0.6) is 0 Å². The van der Waals surface area contributed by atoms with Crippen LogP contribution < -0.4 is 10.5 Å². The molecule has 1 aliphatic carbocycles. The first-order chi connectivity index (χ1) is 13.0. The van der Waals surface area contributed by atoms with E-state index in [1.807, 2.05) is 6.07 Å². The number of imide groups is 1. The van der Waals surface area contributed by atoms with Gasteiger partial charge in [0.1, 0.15) is 5.82 Å². The Bertz CT molecular complexity index is 1240. The molecule has 1 atom stereocenters. The molecule has 1 fully saturated rings. The van der Waals surface area contributed by atoms with Crippen LogP contribution in [0.25, 0.3) is 10.8 Å². The Balaban J connectivity index is 1.55. The number of benzene rings is 2. The highest BCUT2D eigenvalue weighted by Crippen LogP contribution is 2.42. The largest absolute Gasteiger partial charge is 0.273 e. The van der Waals surface area contributed by atoms with E-state index in [1.165, 1.54) is 12.1 Å². The van der Waals surface area contributed by atoms with Crippen molar-refractivity contribution in [1.29, 1.82) is 0 Å². The number of halogens is 1. The van der Waals surface area contributed by atoms with Crippen LogP contribution in [0, 0.1) is 11.7 Å². The van der Waals surface area contributed by atoms with Crippen LogP contribution in [0.2, 0.25) is 0 Å². The van der Waals surface area contributed by atoms with Gasteiger partial charge in [-0.3, -0.25) is 14.4 Å². The Morgan fingerprint density at radius 3 is 2.59 bits per heavy atom. The molecule has 2 heterocycles. The average molecular weight is 361 g/mol. The predicted octanol–water partition coefficient (Wildman–Crippen LogP) is 2.08. The summed E-state index contributed by atoms with van der Waals surface area (Å²) in [6.07, 6.45) is 1.90. The van der Waals surface area contributed by atoms with E-state index in [0.29, 0.717) is 34.0 Å². The number of aromatic amines is 1. The number of nitrogens with one attached hydrogen (secondary N) is 1. The van der Waals surface area contributed by atoms with Gasteiger partial charge in [-0.15, -0.1) is 0 Å². The van der Waals surface area contributed by atoms with Crippen molar-refractivity contribution in [2.75, 3.05) is 4.90 Å². The minimum atomic E-state index is -0.637. The molecule has 132 valence electrons. The summed E-state index contributed by atoms with van der Waals surface area (Å²) in [5.41, 5.74) is 1.39. The van der Waals surface area contributed by atoms with E-state index in [4.69, 9.17) is 0 Å². The molecule has 1 aromatic heterocycles. The molecule has 6 nitrogen and oxygen atoms in total. The lowest BCUT2D eigenvalue weighted by molar-refractivity contribution is -0.121. The quantitative estimate of drug-likeness (QED) is 0.724. The second kappa shape index (κ2) is 5.44. The number of fused-ring (bicyclic) bond motifs is 2. The molecular weight excluding hydrogens is 349 g/mol. The first-order valence-electron chi connectivity index (χ1n) is 8.39. The highest BCUT2D eigenvalue weighted by atomic mass is 19.1. The number of anilines is 1. The standard InChI is InChI=1S/C20H12FN3O3/c21-15-6-5-10(8-17(15)24-19(26)13-9-14(13)20(24)27)7-16-11-3-1-2-4-12(11)18(25)23-22-16/h1-6,8-9,13H,7H2,(H,23,25). The van der Waals surface area contributed by atoms with Crippen LogP contribution in [0.3, 0.4) is 0 Å². The van der Waals surface area contributed by atoms with Gasteiger partial charge in [-0.1, -0.05) is 30.3 Å². The number of hydrogen-bond donors (Lipinski definition) is 1. The number of hydrogen-bond acceptors (Lipinski definition) is 4. The number of amides is 2. The summed E-state index contributed by atoms with van der Waals surface area (Å²) in [4.78, 5) is 37.2. The Kier molecular flexibility index (Phi) is 3.15. The van der Waals surface area contributed by atoms with E-state index < -0.39 is 23.5 Å². The third-order valence-electron chi connectivity index (χ3n) is 4.91. The molecule has 1 saturated heterocycles. The van der Waals surface area contributed by atoms with Crippen molar-refractivity contribution in [3.63, 3.8) is 0 Å². The summed E-state index contributed by atoms with van der Waals surface area (Å²) in [5, 5.41) is 7.79. The smallest absolute Gasteiger partial charge is 0.272 e. The molecular formula is C20H12FN3O3. The zero-order valence-electron chi connectivity index (χ0n) is 13.9. The Hall–Kier alpha value is -3.61.